The first kappa shape index (κ1) is 20.7. The molecule has 1 atom stereocenters. The van der Waals surface area contributed by atoms with E-state index in [1.165, 1.54) is 31.3 Å². The maximum absolute atomic E-state index is 13.6. The molecule has 2 aromatic heterocycles. The number of hydrogen-bond acceptors (Lipinski definition) is 4. The molecule has 0 radical (unpaired) electrons. The number of alkyl halides is 3. The lowest BCUT2D eigenvalue weighted by molar-refractivity contribution is -0.140. The fourth-order valence-corrected chi connectivity index (χ4v) is 4.16. The molecule has 2 amide bonds. The highest BCUT2D eigenvalue weighted by Gasteiger charge is 2.34. The minimum atomic E-state index is -4.61. The zero-order chi connectivity index (χ0) is 21.5. The van der Waals surface area contributed by atoms with E-state index in [-0.39, 0.29) is 15.3 Å². The molecular formula is C19H15F4N3O2S. The Labute approximate surface area is 166 Å². The maximum atomic E-state index is 13.6. The lowest BCUT2D eigenvalue weighted by atomic mass is 10.0. The van der Waals surface area contributed by atoms with Crippen LogP contribution in [0.25, 0.3) is 10.2 Å². The molecule has 0 fully saturated rings. The predicted molar refractivity (Wildman–Crippen MR) is 99.8 cm³/mol. The highest BCUT2D eigenvalue weighted by Crippen LogP contribution is 2.35. The molecule has 2 heterocycles. The summed E-state index contributed by atoms with van der Waals surface area (Å²) in [6, 6.07) is 5.97. The molecule has 1 aromatic carbocycles. The molecule has 0 saturated carbocycles. The Balaban J connectivity index is 2.03. The van der Waals surface area contributed by atoms with Gasteiger partial charge in [-0.15, -0.1) is 11.3 Å². The average Bonchev–Trinajstić information content (AvgIpc) is 2.96. The molecule has 5 nitrogen and oxygen atoms in total. The van der Waals surface area contributed by atoms with Crippen LogP contribution in [0.1, 0.15) is 32.5 Å². The van der Waals surface area contributed by atoms with E-state index in [1.54, 1.807) is 6.92 Å². The summed E-state index contributed by atoms with van der Waals surface area (Å²) in [5.74, 6) is -2.11. The van der Waals surface area contributed by atoms with E-state index in [9.17, 15) is 27.2 Å². The van der Waals surface area contributed by atoms with Crippen molar-refractivity contribution < 1.29 is 27.2 Å². The Morgan fingerprint density at radius 3 is 2.48 bits per heavy atom. The molecule has 152 valence electrons. The lowest BCUT2D eigenvalue weighted by Gasteiger charge is -2.26. The van der Waals surface area contributed by atoms with Gasteiger partial charge in [0.2, 0.25) is 5.91 Å². The first-order chi connectivity index (χ1) is 13.5. The molecule has 0 aliphatic rings. The van der Waals surface area contributed by atoms with E-state index in [2.05, 4.69) is 4.98 Å². The van der Waals surface area contributed by atoms with Crippen molar-refractivity contribution in [1.82, 2.24) is 9.88 Å². The van der Waals surface area contributed by atoms with Crippen molar-refractivity contribution in [1.29, 1.82) is 0 Å². The summed E-state index contributed by atoms with van der Waals surface area (Å²) in [5.41, 5.74) is 4.99. The van der Waals surface area contributed by atoms with Gasteiger partial charge in [0.25, 0.3) is 5.91 Å². The highest BCUT2D eigenvalue weighted by atomic mass is 32.1. The average molecular weight is 425 g/mol. The van der Waals surface area contributed by atoms with Crippen LogP contribution in [0.2, 0.25) is 0 Å². The Morgan fingerprint density at radius 1 is 1.21 bits per heavy atom. The second-order valence-electron chi connectivity index (χ2n) is 6.38. The number of benzene rings is 1. The molecule has 0 aliphatic heterocycles. The van der Waals surface area contributed by atoms with E-state index in [0.717, 1.165) is 28.4 Å². The van der Waals surface area contributed by atoms with Crippen LogP contribution < -0.4 is 5.73 Å². The van der Waals surface area contributed by atoms with Gasteiger partial charge in [0.05, 0.1) is 4.88 Å². The number of amides is 2. The predicted octanol–water partition coefficient (Wildman–Crippen LogP) is 4.06. The van der Waals surface area contributed by atoms with Crippen molar-refractivity contribution in [2.24, 2.45) is 5.73 Å². The van der Waals surface area contributed by atoms with Gasteiger partial charge in [0, 0.05) is 12.4 Å². The maximum Gasteiger partial charge on any atom is 0.433 e. The Morgan fingerprint density at radius 2 is 1.90 bits per heavy atom. The molecule has 0 saturated heterocycles. The molecular weight excluding hydrogens is 410 g/mol. The Bertz CT molecular complexity index is 1110. The smallest absolute Gasteiger partial charge is 0.368 e. The molecule has 29 heavy (non-hydrogen) atoms. The number of nitrogens with two attached hydrogens (primary N) is 1. The standard InChI is InChI=1S/C19H15F4N3O2S/c1-9-12-6-7-13(19(21,22)23)25-17(12)29-15(9)18(28)26(2)14(16(24)27)10-4-3-5-11(20)8-10/h3-8,14H,1-2H3,(H2,24,27). The number of rotatable bonds is 4. The van der Waals surface area contributed by atoms with E-state index in [4.69, 9.17) is 5.73 Å². The van der Waals surface area contributed by atoms with Crippen LogP contribution in [0.5, 0.6) is 0 Å². The number of pyridine rings is 1. The molecule has 1 unspecified atom stereocenters. The van der Waals surface area contributed by atoms with Crippen molar-refractivity contribution in [3.8, 4) is 0 Å². The second kappa shape index (κ2) is 7.43. The zero-order valence-electron chi connectivity index (χ0n) is 15.2. The topological polar surface area (TPSA) is 76.3 Å². The number of hydrogen-bond donors (Lipinski definition) is 1. The third-order valence-electron chi connectivity index (χ3n) is 4.43. The number of carbonyl (C=O) groups is 2. The Hall–Kier alpha value is -3.01. The molecule has 10 heteroatoms. The number of thiophene rings is 1. The molecule has 0 spiro atoms. The summed E-state index contributed by atoms with van der Waals surface area (Å²) in [4.78, 5) is 29.8. The van der Waals surface area contributed by atoms with Gasteiger partial charge in [-0.05, 0) is 42.3 Å². The van der Waals surface area contributed by atoms with Gasteiger partial charge in [0.1, 0.15) is 22.4 Å². The van der Waals surface area contributed by atoms with Crippen molar-refractivity contribution in [3.63, 3.8) is 0 Å². The molecule has 0 bridgehead atoms. The van der Waals surface area contributed by atoms with E-state index < -0.39 is 35.5 Å². The summed E-state index contributed by atoms with van der Waals surface area (Å²) in [6.45, 7) is 1.58. The Kier molecular flexibility index (Phi) is 5.31. The summed E-state index contributed by atoms with van der Waals surface area (Å²) in [5, 5.41) is 0.404. The number of aryl methyl sites for hydroxylation is 1. The van der Waals surface area contributed by atoms with Gasteiger partial charge in [0.15, 0.2) is 0 Å². The number of likely N-dealkylation sites (N-methyl/N-ethyl adjacent to an activating group) is 1. The largest absolute Gasteiger partial charge is 0.433 e. The van der Waals surface area contributed by atoms with Gasteiger partial charge in [-0.25, -0.2) is 9.37 Å². The number of carbonyl (C=O) groups excluding carboxylic acids is 2. The summed E-state index contributed by atoms with van der Waals surface area (Å²) in [6.07, 6.45) is -4.61. The summed E-state index contributed by atoms with van der Waals surface area (Å²) in [7, 11) is 1.32. The molecule has 0 aliphatic carbocycles. The van der Waals surface area contributed by atoms with Crippen LogP contribution in [0, 0.1) is 12.7 Å². The quantitative estimate of drug-likeness (QED) is 0.641. The number of primary amides is 1. The first-order valence-corrected chi connectivity index (χ1v) is 9.11. The van der Waals surface area contributed by atoms with Gasteiger partial charge in [-0.1, -0.05) is 12.1 Å². The van der Waals surface area contributed by atoms with Gasteiger partial charge in [-0.2, -0.15) is 13.2 Å². The number of nitrogens with zero attached hydrogens (tertiary/aromatic N) is 2. The molecule has 3 rings (SSSR count). The fourth-order valence-electron chi connectivity index (χ4n) is 2.99. The summed E-state index contributed by atoms with van der Waals surface area (Å²) < 4.78 is 52.3. The highest BCUT2D eigenvalue weighted by molar-refractivity contribution is 7.20. The fraction of sp³-hybridized carbons (Fsp3) is 0.211. The van der Waals surface area contributed by atoms with Crippen molar-refractivity contribution in [2.45, 2.75) is 19.1 Å². The van der Waals surface area contributed by atoms with E-state index in [0.29, 0.717) is 10.9 Å². The van der Waals surface area contributed by atoms with Crippen LogP contribution in [0.4, 0.5) is 17.6 Å². The number of halogens is 4. The number of fused-ring (bicyclic) bond motifs is 1. The second-order valence-corrected chi connectivity index (χ2v) is 7.38. The summed E-state index contributed by atoms with van der Waals surface area (Å²) >= 11 is 0.790. The normalized spacial score (nSPS) is 12.8. The van der Waals surface area contributed by atoms with E-state index in [1.807, 2.05) is 0 Å². The van der Waals surface area contributed by atoms with Crippen LogP contribution in [0.3, 0.4) is 0 Å². The third kappa shape index (κ3) is 3.93. The van der Waals surface area contributed by atoms with E-state index >= 15 is 0 Å². The molecule has 3 aromatic rings. The van der Waals surface area contributed by atoms with Crippen molar-refractivity contribution in [3.05, 3.63) is 63.9 Å². The lowest BCUT2D eigenvalue weighted by Crippen LogP contribution is -2.39. The van der Waals surface area contributed by atoms with Crippen molar-refractivity contribution in [2.75, 3.05) is 7.05 Å². The van der Waals surface area contributed by atoms with Gasteiger partial charge < -0.3 is 10.6 Å². The van der Waals surface area contributed by atoms with Crippen molar-refractivity contribution >= 4 is 33.4 Å². The van der Waals surface area contributed by atoms with Crippen LogP contribution in [-0.2, 0) is 11.0 Å². The van der Waals surface area contributed by atoms with Crippen LogP contribution >= 0.6 is 11.3 Å². The number of aromatic nitrogens is 1. The minimum Gasteiger partial charge on any atom is -0.368 e. The van der Waals surface area contributed by atoms with Gasteiger partial charge >= 0.3 is 6.18 Å². The minimum absolute atomic E-state index is 0.0513. The zero-order valence-corrected chi connectivity index (χ0v) is 16.1. The van der Waals surface area contributed by atoms with Crippen LogP contribution in [0.15, 0.2) is 36.4 Å². The van der Waals surface area contributed by atoms with Crippen LogP contribution in [-0.4, -0.2) is 28.7 Å². The third-order valence-corrected chi connectivity index (χ3v) is 5.62. The SMILES string of the molecule is Cc1c(C(=O)N(C)C(C(N)=O)c2cccc(F)c2)sc2nc(C(F)(F)F)ccc12. The van der Waals surface area contributed by atoms with Gasteiger partial charge in [-0.3, -0.25) is 9.59 Å². The first-order valence-electron chi connectivity index (χ1n) is 8.30. The monoisotopic (exact) mass is 425 g/mol. The molecule has 2 N–H and O–H groups in total.